The predicted octanol–water partition coefficient (Wildman–Crippen LogP) is 5.61. The number of aryl methyl sites for hydroxylation is 1. The fourth-order valence-corrected chi connectivity index (χ4v) is 2.92. The average Bonchev–Trinajstić information content (AvgIpc) is 2.48. The van der Waals surface area contributed by atoms with E-state index in [0.717, 1.165) is 12.8 Å². The monoisotopic (exact) mass is 269 g/mol. The maximum Gasteiger partial charge on any atom is 0.0548 e. The molecule has 0 N–H and O–H groups in total. The lowest BCUT2D eigenvalue weighted by Gasteiger charge is -2.36. The molecule has 1 atom stereocenters. The smallest absolute Gasteiger partial charge is 0.0548 e. The van der Waals surface area contributed by atoms with Crippen LogP contribution < -0.4 is 4.90 Å². The van der Waals surface area contributed by atoms with Gasteiger partial charge < -0.3 is 4.90 Å². The molecule has 0 aliphatic carbocycles. The summed E-state index contributed by atoms with van der Waals surface area (Å²) in [6.45, 7) is 8.94. The van der Waals surface area contributed by atoms with E-state index in [1.54, 1.807) is 5.57 Å². The Bertz CT molecular complexity index is 493. The summed E-state index contributed by atoms with van der Waals surface area (Å²) in [5, 5.41) is 0. The molecule has 2 rings (SSSR count). The third-order valence-corrected chi connectivity index (χ3v) is 4.15. The van der Waals surface area contributed by atoms with Gasteiger partial charge in [0, 0.05) is 11.9 Å². The number of benzene rings is 1. The molecule has 0 spiro atoms. The van der Waals surface area contributed by atoms with Crippen molar-refractivity contribution in [2.75, 3.05) is 4.90 Å². The Balaban J connectivity index is 2.38. The van der Waals surface area contributed by atoms with Gasteiger partial charge in [-0.05, 0) is 49.5 Å². The maximum absolute atomic E-state index is 2.49. The van der Waals surface area contributed by atoms with Crippen molar-refractivity contribution in [1.29, 1.82) is 0 Å². The van der Waals surface area contributed by atoms with Crippen molar-refractivity contribution in [3.05, 3.63) is 53.3 Å². The summed E-state index contributed by atoms with van der Waals surface area (Å²) < 4.78 is 0. The van der Waals surface area contributed by atoms with E-state index >= 15 is 0 Å². The highest BCUT2D eigenvalue weighted by Crippen LogP contribution is 2.31. The lowest BCUT2D eigenvalue weighted by Crippen LogP contribution is -2.35. The zero-order chi connectivity index (χ0) is 14.5. The lowest BCUT2D eigenvalue weighted by atomic mass is 9.92. The van der Waals surface area contributed by atoms with Crippen LogP contribution in [-0.2, 0) is 0 Å². The van der Waals surface area contributed by atoms with E-state index in [-0.39, 0.29) is 0 Å². The Morgan fingerprint density at radius 1 is 1.00 bits per heavy atom. The first kappa shape index (κ1) is 14.9. The molecule has 20 heavy (non-hydrogen) atoms. The van der Waals surface area contributed by atoms with Gasteiger partial charge >= 0.3 is 0 Å². The van der Waals surface area contributed by atoms with Crippen molar-refractivity contribution in [3.8, 4) is 0 Å². The second-order valence-corrected chi connectivity index (χ2v) is 5.68. The molecule has 1 unspecified atom stereocenters. The van der Waals surface area contributed by atoms with Crippen LogP contribution in [0.1, 0.15) is 52.0 Å². The fourth-order valence-electron chi connectivity index (χ4n) is 2.92. The molecule has 0 amide bonds. The number of allylic oxidation sites excluding steroid dienone is 2. The van der Waals surface area contributed by atoms with Crippen LogP contribution in [0.15, 0.2) is 47.7 Å². The minimum absolute atomic E-state index is 0.531. The molecule has 0 radical (unpaired) electrons. The summed E-state index contributed by atoms with van der Waals surface area (Å²) in [6.07, 6.45) is 9.46. The summed E-state index contributed by atoms with van der Waals surface area (Å²) in [4.78, 5) is 2.49. The average molecular weight is 269 g/mol. The highest BCUT2D eigenvalue weighted by Gasteiger charge is 2.23. The second-order valence-electron chi connectivity index (χ2n) is 5.68. The van der Waals surface area contributed by atoms with Crippen LogP contribution in [0.25, 0.3) is 0 Å². The molecule has 0 saturated heterocycles. The van der Waals surface area contributed by atoms with Gasteiger partial charge in [0.15, 0.2) is 0 Å². The predicted molar refractivity (Wildman–Crippen MR) is 89.1 cm³/mol. The third kappa shape index (κ3) is 3.15. The SMILES string of the molecule is CCCC1C(CC)=CC(CC)=CN1c1ccc(C)cc1. The van der Waals surface area contributed by atoms with Crippen molar-refractivity contribution in [2.45, 2.75) is 59.4 Å². The summed E-state index contributed by atoms with van der Waals surface area (Å²) in [5.41, 5.74) is 5.66. The number of rotatable bonds is 5. The maximum atomic E-state index is 2.49. The third-order valence-electron chi connectivity index (χ3n) is 4.15. The van der Waals surface area contributed by atoms with Gasteiger partial charge in [-0.2, -0.15) is 0 Å². The van der Waals surface area contributed by atoms with Gasteiger partial charge in [-0.1, -0.05) is 51.0 Å². The molecule has 108 valence electrons. The van der Waals surface area contributed by atoms with E-state index in [9.17, 15) is 0 Å². The molecule has 1 aromatic carbocycles. The highest BCUT2D eigenvalue weighted by molar-refractivity contribution is 5.56. The van der Waals surface area contributed by atoms with Crippen molar-refractivity contribution < 1.29 is 0 Å². The topological polar surface area (TPSA) is 3.24 Å². The van der Waals surface area contributed by atoms with Gasteiger partial charge in [0.2, 0.25) is 0 Å². The molecule has 1 aromatic rings. The van der Waals surface area contributed by atoms with Crippen molar-refractivity contribution >= 4 is 5.69 Å². The van der Waals surface area contributed by atoms with E-state index in [2.05, 4.69) is 69.1 Å². The van der Waals surface area contributed by atoms with E-state index in [0.29, 0.717) is 6.04 Å². The number of hydrogen-bond acceptors (Lipinski definition) is 1. The fraction of sp³-hybridized carbons (Fsp3) is 0.474. The number of nitrogens with zero attached hydrogens (tertiary/aromatic N) is 1. The van der Waals surface area contributed by atoms with E-state index < -0.39 is 0 Å². The molecule has 1 nitrogen and oxygen atoms in total. The zero-order valence-corrected chi connectivity index (χ0v) is 13.3. The van der Waals surface area contributed by atoms with Gasteiger partial charge in [-0.15, -0.1) is 0 Å². The first-order chi connectivity index (χ1) is 9.69. The molecule has 1 heteroatoms. The Morgan fingerprint density at radius 3 is 2.25 bits per heavy atom. The molecule has 1 aliphatic rings. The molecule has 1 heterocycles. The Labute approximate surface area is 124 Å². The Morgan fingerprint density at radius 2 is 1.70 bits per heavy atom. The largest absolute Gasteiger partial charge is 0.341 e. The molecule has 0 fully saturated rings. The normalized spacial score (nSPS) is 18.8. The van der Waals surface area contributed by atoms with Gasteiger partial charge in [0.05, 0.1) is 6.04 Å². The minimum atomic E-state index is 0.531. The lowest BCUT2D eigenvalue weighted by molar-refractivity contribution is 0.626. The van der Waals surface area contributed by atoms with E-state index in [1.807, 2.05) is 0 Å². The van der Waals surface area contributed by atoms with Crippen molar-refractivity contribution in [2.24, 2.45) is 0 Å². The van der Waals surface area contributed by atoms with Gasteiger partial charge in [0.1, 0.15) is 0 Å². The number of anilines is 1. The quantitative estimate of drug-likeness (QED) is 0.671. The summed E-state index contributed by atoms with van der Waals surface area (Å²) in [7, 11) is 0. The van der Waals surface area contributed by atoms with Crippen molar-refractivity contribution in [3.63, 3.8) is 0 Å². The Hall–Kier alpha value is -1.50. The van der Waals surface area contributed by atoms with E-state index in [1.165, 1.54) is 29.7 Å². The first-order valence-corrected chi connectivity index (χ1v) is 7.95. The Kier molecular flexibility index (Phi) is 5.05. The van der Waals surface area contributed by atoms with Gasteiger partial charge in [-0.3, -0.25) is 0 Å². The molecular formula is C19H27N. The van der Waals surface area contributed by atoms with Crippen molar-refractivity contribution in [1.82, 2.24) is 0 Å². The van der Waals surface area contributed by atoms with Gasteiger partial charge in [-0.25, -0.2) is 0 Å². The highest BCUT2D eigenvalue weighted by atomic mass is 15.2. The first-order valence-electron chi connectivity index (χ1n) is 7.95. The second kappa shape index (κ2) is 6.78. The van der Waals surface area contributed by atoms with Crippen LogP contribution in [-0.4, -0.2) is 6.04 Å². The van der Waals surface area contributed by atoms with Crippen LogP contribution in [0.4, 0.5) is 5.69 Å². The number of hydrogen-bond donors (Lipinski definition) is 0. The van der Waals surface area contributed by atoms with Crippen LogP contribution >= 0.6 is 0 Å². The van der Waals surface area contributed by atoms with Gasteiger partial charge in [0.25, 0.3) is 0 Å². The molecule has 0 bridgehead atoms. The summed E-state index contributed by atoms with van der Waals surface area (Å²) in [6, 6.07) is 9.45. The zero-order valence-electron chi connectivity index (χ0n) is 13.3. The summed E-state index contributed by atoms with van der Waals surface area (Å²) >= 11 is 0. The molecule has 0 aromatic heterocycles. The van der Waals surface area contributed by atoms with E-state index in [4.69, 9.17) is 0 Å². The van der Waals surface area contributed by atoms with Crippen LogP contribution in [0, 0.1) is 6.92 Å². The molecule has 0 saturated carbocycles. The minimum Gasteiger partial charge on any atom is -0.341 e. The van der Waals surface area contributed by atoms with Crippen LogP contribution in [0.2, 0.25) is 0 Å². The molecular weight excluding hydrogens is 242 g/mol. The van der Waals surface area contributed by atoms with Crippen LogP contribution in [0.5, 0.6) is 0 Å². The molecule has 1 aliphatic heterocycles. The van der Waals surface area contributed by atoms with Crippen LogP contribution in [0.3, 0.4) is 0 Å². The standard InChI is InChI=1S/C19H27N/c1-5-8-19-17(7-3)13-16(6-2)14-20(19)18-11-9-15(4)10-12-18/h9-14,19H,5-8H2,1-4H3. The summed E-state index contributed by atoms with van der Waals surface area (Å²) in [5.74, 6) is 0.